The van der Waals surface area contributed by atoms with Crippen LogP contribution >= 0.6 is 0 Å². The Bertz CT molecular complexity index is 402. The van der Waals surface area contributed by atoms with E-state index in [1.54, 1.807) is 0 Å². The van der Waals surface area contributed by atoms with Crippen LogP contribution < -0.4 is 5.32 Å². The Hall–Kier alpha value is -1.32. The van der Waals surface area contributed by atoms with Crippen molar-refractivity contribution in [3.8, 4) is 0 Å². The van der Waals surface area contributed by atoms with Crippen LogP contribution in [0, 0.1) is 19.3 Å². The van der Waals surface area contributed by atoms with E-state index in [1.807, 2.05) is 11.6 Å². The second kappa shape index (κ2) is 6.03. The maximum absolute atomic E-state index is 11.6. The molecule has 0 spiro atoms. The molecule has 1 aromatic rings. The molecule has 0 atom stereocenters. The maximum atomic E-state index is 11.6. The summed E-state index contributed by atoms with van der Waals surface area (Å²) in [5.74, 6) is 0.135. The maximum Gasteiger partial charge on any atom is 0.220 e. The van der Waals surface area contributed by atoms with Gasteiger partial charge in [-0.3, -0.25) is 9.48 Å². The first kappa shape index (κ1) is 14.7. The van der Waals surface area contributed by atoms with Crippen molar-refractivity contribution in [3.05, 3.63) is 17.5 Å². The summed E-state index contributed by atoms with van der Waals surface area (Å²) in [6, 6.07) is 2.07. The molecule has 1 aromatic heterocycles. The molecular weight excluding hydrogens is 226 g/mol. The number of carbonyl (C=O) groups is 1. The van der Waals surface area contributed by atoms with Crippen LogP contribution in [0.25, 0.3) is 0 Å². The lowest BCUT2D eigenvalue weighted by Crippen LogP contribution is -2.29. The zero-order valence-electron chi connectivity index (χ0n) is 12.2. The van der Waals surface area contributed by atoms with E-state index in [-0.39, 0.29) is 11.3 Å². The Kier molecular flexibility index (Phi) is 4.93. The molecule has 0 aromatic carbocycles. The van der Waals surface area contributed by atoms with E-state index < -0.39 is 0 Å². The number of nitrogens with zero attached hydrogens (tertiary/aromatic N) is 2. The fourth-order valence-electron chi connectivity index (χ4n) is 1.90. The van der Waals surface area contributed by atoms with E-state index in [0.717, 1.165) is 18.7 Å². The van der Waals surface area contributed by atoms with E-state index in [2.05, 4.69) is 44.2 Å². The van der Waals surface area contributed by atoms with Gasteiger partial charge in [-0.05, 0) is 31.7 Å². The lowest BCUT2D eigenvalue weighted by molar-refractivity contribution is -0.122. The van der Waals surface area contributed by atoms with Gasteiger partial charge in [-0.2, -0.15) is 5.10 Å². The van der Waals surface area contributed by atoms with Crippen molar-refractivity contribution in [1.82, 2.24) is 15.1 Å². The summed E-state index contributed by atoms with van der Waals surface area (Å²) >= 11 is 0. The molecule has 0 fully saturated rings. The molecule has 1 N–H and O–H groups in total. The lowest BCUT2D eigenvalue weighted by atomic mass is 9.92. The average Bonchev–Trinajstić information content (AvgIpc) is 2.49. The third-order valence-corrected chi connectivity index (χ3v) is 2.66. The topological polar surface area (TPSA) is 46.9 Å². The molecule has 4 nitrogen and oxygen atoms in total. The predicted molar refractivity (Wildman–Crippen MR) is 73.4 cm³/mol. The Balaban J connectivity index is 2.23. The zero-order chi connectivity index (χ0) is 13.8. The molecule has 0 unspecified atom stereocenters. The number of aryl methyl sites for hydroxylation is 3. The van der Waals surface area contributed by atoms with E-state index in [9.17, 15) is 4.79 Å². The van der Waals surface area contributed by atoms with Gasteiger partial charge in [0.25, 0.3) is 0 Å². The van der Waals surface area contributed by atoms with Gasteiger partial charge < -0.3 is 5.32 Å². The van der Waals surface area contributed by atoms with Crippen molar-refractivity contribution in [1.29, 1.82) is 0 Å². The highest BCUT2D eigenvalue weighted by Crippen LogP contribution is 2.17. The number of nitrogens with one attached hydrogen (secondary N) is 1. The van der Waals surface area contributed by atoms with E-state index in [0.29, 0.717) is 13.0 Å². The molecule has 102 valence electrons. The van der Waals surface area contributed by atoms with Crippen molar-refractivity contribution < 1.29 is 4.79 Å². The van der Waals surface area contributed by atoms with Crippen LogP contribution in [0.5, 0.6) is 0 Å². The Morgan fingerprint density at radius 1 is 1.39 bits per heavy atom. The summed E-state index contributed by atoms with van der Waals surface area (Å²) in [6.07, 6.45) is 1.49. The molecule has 0 saturated heterocycles. The fourth-order valence-corrected chi connectivity index (χ4v) is 1.90. The molecule has 1 heterocycles. The average molecular weight is 251 g/mol. The summed E-state index contributed by atoms with van der Waals surface area (Å²) in [5.41, 5.74) is 2.28. The van der Waals surface area contributed by atoms with Gasteiger partial charge in [-0.1, -0.05) is 20.8 Å². The molecule has 0 aliphatic rings. The van der Waals surface area contributed by atoms with Crippen molar-refractivity contribution in [2.75, 3.05) is 6.54 Å². The van der Waals surface area contributed by atoms with Gasteiger partial charge in [-0.25, -0.2) is 0 Å². The fraction of sp³-hybridized carbons (Fsp3) is 0.714. The number of amides is 1. The van der Waals surface area contributed by atoms with E-state index >= 15 is 0 Å². The van der Waals surface area contributed by atoms with Gasteiger partial charge in [0.05, 0.1) is 5.69 Å². The van der Waals surface area contributed by atoms with Crippen LogP contribution in [0.15, 0.2) is 6.07 Å². The van der Waals surface area contributed by atoms with Crippen molar-refractivity contribution in [2.45, 2.75) is 54.0 Å². The lowest BCUT2D eigenvalue weighted by Gasteiger charge is -2.17. The first-order valence-electron chi connectivity index (χ1n) is 6.56. The van der Waals surface area contributed by atoms with Gasteiger partial charge in [0, 0.05) is 25.2 Å². The van der Waals surface area contributed by atoms with Gasteiger partial charge in [0.1, 0.15) is 0 Å². The molecule has 0 radical (unpaired) electrons. The largest absolute Gasteiger partial charge is 0.356 e. The number of aromatic nitrogens is 2. The first-order chi connectivity index (χ1) is 8.28. The molecule has 1 amide bonds. The van der Waals surface area contributed by atoms with Crippen LogP contribution in [0.3, 0.4) is 0 Å². The van der Waals surface area contributed by atoms with Crippen LogP contribution in [0.1, 0.15) is 45.0 Å². The number of rotatable bonds is 5. The Labute approximate surface area is 110 Å². The minimum absolute atomic E-state index is 0.0553. The van der Waals surface area contributed by atoms with Crippen molar-refractivity contribution >= 4 is 5.91 Å². The number of hydrogen-bond donors (Lipinski definition) is 1. The third-order valence-electron chi connectivity index (χ3n) is 2.66. The zero-order valence-corrected chi connectivity index (χ0v) is 12.2. The highest BCUT2D eigenvalue weighted by molar-refractivity contribution is 5.76. The van der Waals surface area contributed by atoms with Gasteiger partial charge in [-0.15, -0.1) is 0 Å². The van der Waals surface area contributed by atoms with Crippen LogP contribution in [-0.4, -0.2) is 22.2 Å². The minimum Gasteiger partial charge on any atom is -0.356 e. The highest BCUT2D eigenvalue weighted by Gasteiger charge is 2.15. The second-order valence-electron chi connectivity index (χ2n) is 6.09. The summed E-state index contributed by atoms with van der Waals surface area (Å²) in [6.45, 7) is 11.8. The van der Waals surface area contributed by atoms with Gasteiger partial charge in [0.2, 0.25) is 5.91 Å². The quantitative estimate of drug-likeness (QED) is 0.817. The molecule has 0 aliphatic carbocycles. The van der Waals surface area contributed by atoms with Gasteiger partial charge >= 0.3 is 0 Å². The SMILES string of the molecule is Cc1cc(C)n(CCCNC(=O)CC(C)(C)C)n1. The van der Waals surface area contributed by atoms with Crippen LogP contribution in [0.2, 0.25) is 0 Å². The van der Waals surface area contributed by atoms with E-state index in [1.165, 1.54) is 5.69 Å². The number of carbonyl (C=O) groups excluding carboxylic acids is 1. The Morgan fingerprint density at radius 3 is 2.56 bits per heavy atom. The first-order valence-corrected chi connectivity index (χ1v) is 6.56. The summed E-state index contributed by atoms with van der Waals surface area (Å²) in [7, 11) is 0. The minimum atomic E-state index is 0.0553. The summed E-state index contributed by atoms with van der Waals surface area (Å²) in [5, 5.41) is 7.35. The van der Waals surface area contributed by atoms with Crippen LogP contribution in [-0.2, 0) is 11.3 Å². The van der Waals surface area contributed by atoms with E-state index in [4.69, 9.17) is 0 Å². The van der Waals surface area contributed by atoms with Crippen molar-refractivity contribution in [3.63, 3.8) is 0 Å². The molecular formula is C14H25N3O. The monoisotopic (exact) mass is 251 g/mol. The second-order valence-corrected chi connectivity index (χ2v) is 6.09. The molecule has 18 heavy (non-hydrogen) atoms. The Morgan fingerprint density at radius 2 is 2.06 bits per heavy atom. The summed E-state index contributed by atoms with van der Waals surface area (Å²) < 4.78 is 1.99. The normalized spacial score (nSPS) is 11.6. The predicted octanol–water partition coefficient (Wildman–Crippen LogP) is 2.44. The van der Waals surface area contributed by atoms with Crippen LogP contribution in [0.4, 0.5) is 0 Å². The molecule has 1 rings (SSSR count). The van der Waals surface area contributed by atoms with Gasteiger partial charge in [0.15, 0.2) is 0 Å². The third kappa shape index (κ3) is 5.34. The highest BCUT2D eigenvalue weighted by atomic mass is 16.1. The molecule has 0 bridgehead atoms. The van der Waals surface area contributed by atoms with Crippen molar-refractivity contribution in [2.24, 2.45) is 5.41 Å². The molecule has 4 heteroatoms. The molecule has 0 aliphatic heterocycles. The standard InChI is InChI=1S/C14H25N3O/c1-11-9-12(2)17(16-11)8-6-7-15-13(18)10-14(3,4)5/h9H,6-8,10H2,1-5H3,(H,15,18). The number of hydrogen-bond acceptors (Lipinski definition) is 2. The smallest absolute Gasteiger partial charge is 0.220 e. The summed E-state index contributed by atoms with van der Waals surface area (Å²) in [4.78, 5) is 11.6. The molecule has 0 saturated carbocycles.